The summed E-state index contributed by atoms with van der Waals surface area (Å²) in [5.74, 6) is -0.250. The molecule has 0 bridgehead atoms. The molecule has 1 aliphatic heterocycles. The Kier molecular flexibility index (Phi) is 4.33. The van der Waals surface area contributed by atoms with E-state index in [1.807, 2.05) is 24.4 Å². The summed E-state index contributed by atoms with van der Waals surface area (Å²) in [5, 5.41) is 5.67. The van der Waals surface area contributed by atoms with E-state index in [1.165, 1.54) is 17.7 Å². The molecular formula is C21H19FN4OS. The third-order valence-electron chi connectivity index (χ3n) is 4.87. The second kappa shape index (κ2) is 7.00. The van der Waals surface area contributed by atoms with Gasteiger partial charge in [-0.05, 0) is 36.8 Å². The first kappa shape index (κ1) is 17.3. The second-order valence-electron chi connectivity index (χ2n) is 7.00. The normalized spacial score (nSPS) is 20.0. The SMILES string of the molecule is CC1CN(c2nn3cc(-c4ccc(F)cc4)nc3s2)CC(c2ccccc2)O1. The van der Waals surface area contributed by atoms with Gasteiger partial charge in [-0.1, -0.05) is 41.7 Å². The van der Waals surface area contributed by atoms with Crippen molar-refractivity contribution in [1.82, 2.24) is 14.6 Å². The van der Waals surface area contributed by atoms with Crippen molar-refractivity contribution in [2.75, 3.05) is 18.0 Å². The molecule has 142 valence electrons. The molecule has 1 fully saturated rings. The number of morpholine rings is 1. The lowest BCUT2D eigenvalue weighted by Gasteiger charge is -2.36. The third kappa shape index (κ3) is 3.27. The maximum atomic E-state index is 13.1. The molecule has 28 heavy (non-hydrogen) atoms. The lowest BCUT2D eigenvalue weighted by atomic mass is 10.1. The van der Waals surface area contributed by atoms with E-state index in [9.17, 15) is 4.39 Å². The van der Waals surface area contributed by atoms with Crippen LogP contribution in [0.2, 0.25) is 0 Å². The van der Waals surface area contributed by atoms with Crippen molar-refractivity contribution in [3.63, 3.8) is 0 Å². The van der Waals surface area contributed by atoms with Crippen LogP contribution in [0.5, 0.6) is 0 Å². The number of hydrogen-bond acceptors (Lipinski definition) is 5. The maximum absolute atomic E-state index is 13.1. The summed E-state index contributed by atoms with van der Waals surface area (Å²) in [7, 11) is 0. The average molecular weight is 394 g/mol. The Morgan fingerprint density at radius 3 is 2.61 bits per heavy atom. The number of rotatable bonds is 3. The van der Waals surface area contributed by atoms with Crippen LogP contribution in [0.15, 0.2) is 60.8 Å². The summed E-state index contributed by atoms with van der Waals surface area (Å²) in [5.41, 5.74) is 2.85. The minimum Gasteiger partial charge on any atom is -0.367 e. The topological polar surface area (TPSA) is 42.7 Å². The molecule has 0 saturated carbocycles. The smallest absolute Gasteiger partial charge is 0.214 e. The fraction of sp³-hybridized carbons (Fsp3) is 0.238. The zero-order valence-electron chi connectivity index (χ0n) is 15.3. The Morgan fingerprint density at radius 1 is 1.07 bits per heavy atom. The summed E-state index contributed by atoms with van der Waals surface area (Å²) < 4.78 is 21.1. The van der Waals surface area contributed by atoms with Crippen LogP contribution in [0.3, 0.4) is 0 Å². The Balaban J connectivity index is 1.41. The number of ether oxygens (including phenoxy) is 1. The van der Waals surface area contributed by atoms with Gasteiger partial charge in [0.15, 0.2) is 0 Å². The Hall–Kier alpha value is -2.77. The monoisotopic (exact) mass is 394 g/mol. The van der Waals surface area contributed by atoms with E-state index >= 15 is 0 Å². The van der Waals surface area contributed by atoms with Crippen molar-refractivity contribution in [2.24, 2.45) is 0 Å². The number of fused-ring (bicyclic) bond motifs is 1. The van der Waals surface area contributed by atoms with Gasteiger partial charge in [0.1, 0.15) is 11.9 Å². The van der Waals surface area contributed by atoms with Gasteiger partial charge in [0.05, 0.1) is 24.5 Å². The van der Waals surface area contributed by atoms with Gasteiger partial charge < -0.3 is 9.64 Å². The highest BCUT2D eigenvalue weighted by Crippen LogP contribution is 2.32. The number of nitrogens with zero attached hydrogens (tertiary/aromatic N) is 4. The van der Waals surface area contributed by atoms with Gasteiger partial charge in [-0.25, -0.2) is 13.9 Å². The standard InChI is InChI=1S/C21H19FN4OS/c1-14-11-25(13-19(27-14)16-5-3-2-4-6-16)21-24-26-12-18(23-20(26)28-21)15-7-9-17(22)10-8-15/h2-10,12,14,19H,11,13H2,1H3. The van der Waals surface area contributed by atoms with Crippen LogP contribution < -0.4 is 4.90 Å². The number of halogens is 1. The van der Waals surface area contributed by atoms with Crippen molar-refractivity contribution >= 4 is 21.4 Å². The molecule has 2 atom stereocenters. The first-order valence-electron chi connectivity index (χ1n) is 9.23. The van der Waals surface area contributed by atoms with Gasteiger partial charge in [0.25, 0.3) is 0 Å². The zero-order chi connectivity index (χ0) is 19.1. The van der Waals surface area contributed by atoms with E-state index in [2.05, 4.69) is 28.9 Å². The van der Waals surface area contributed by atoms with Gasteiger partial charge in [-0.3, -0.25) is 0 Å². The molecule has 0 amide bonds. The molecule has 2 aromatic carbocycles. The van der Waals surface area contributed by atoms with Crippen LogP contribution in [-0.4, -0.2) is 33.8 Å². The van der Waals surface area contributed by atoms with E-state index in [1.54, 1.807) is 28.0 Å². The van der Waals surface area contributed by atoms with Crippen molar-refractivity contribution < 1.29 is 9.13 Å². The van der Waals surface area contributed by atoms with Crippen LogP contribution in [0.4, 0.5) is 9.52 Å². The highest BCUT2D eigenvalue weighted by molar-refractivity contribution is 7.20. The maximum Gasteiger partial charge on any atom is 0.214 e. The molecule has 0 spiro atoms. The molecular weight excluding hydrogens is 375 g/mol. The molecule has 0 radical (unpaired) electrons. The van der Waals surface area contributed by atoms with Crippen LogP contribution in [-0.2, 0) is 4.74 Å². The number of imidazole rings is 1. The first-order chi connectivity index (χ1) is 13.7. The Bertz CT molecular complexity index is 1060. The Morgan fingerprint density at radius 2 is 1.86 bits per heavy atom. The van der Waals surface area contributed by atoms with Gasteiger partial charge in [0, 0.05) is 12.1 Å². The van der Waals surface area contributed by atoms with E-state index < -0.39 is 0 Å². The third-order valence-corrected chi connectivity index (χ3v) is 5.86. The van der Waals surface area contributed by atoms with Gasteiger partial charge >= 0.3 is 0 Å². The van der Waals surface area contributed by atoms with Gasteiger partial charge in [0.2, 0.25) is 10.1 Å². The summed E-state index contributed by atoms with van der Waals surface area (Å²) in [4.78, 5) is 7.75. The molecule has 7 heteroatoms. The predicted molar refractivity (Wildman–Crippen MR) is 108 cm³/mol. The minimum absolute atomic E-state index is 0.0240. The minimum atomic E-state index is -0.250. The number of benzene rings is 2. The molecule has 5 nitrogen and oxygen atoms in total. The summed E-state index contributed by atoms with van der Waals surface area (Å²) >= 11 is 1.56. The molecule has 1 aliphatic rings. The molecule has 3 heterocycles. The van der Waals surface area contributed by atoms with E-state index in [0.29, 0.717) is 0 Å². The zero-order valence-corrected chi connectivity index (χ0v) is 16.1. The molecule has 5 rings (SSSR count). The second-order valence-corrected chi connectivity index (χ2v) is 7.93. The molecule has 4 aromatic rings. The van der Waals surface area contributed by atoms with Crippen LogP contribution in [0, 0.1) is 5.82 Å². The first-order valence-corrected chi connectivity index (χ1v) is 10.0. The van der Waals surface area contributed by atoms with E-state index in [-0.39, 0.29) is 18.0 Å². The number of anilines is 1. The van der Waals surface area contributed by atoms with E-state index in [0.717, 1.165) is 34.4 Å². The quantitative estimate of drug-likeness (QED) is 0.511. The largest absolute Gasteiger partial charge is 0.367 e. The average Bonchev–Trinajstić information content (AvgIpc) is 3.28. The lowest BCUT2D eigenvalue weighted by Crippen LogP contribution is -2.42. The predicted octanol–water partition coefficient (Wildman–Crippen LogP) is 4.56. The van der Waals surface area contributed by atoms with E-state index in [4.69, 9.17) is 9.84 Å². The molecule has 0 N–H and O–H groups in total. The van der Waals surface area contributed by atoms with Crippen LogP contribution >= 0.6 is 11.3 Å². The molecule has 2 unspecified atom stereocenters. The molecule has 2 aromatic heterocycles. The summed E-state index contributed by atoms with van der Waals surface area (Å²) in [6.07, 6.45) is 2.03. The summed E-state index contributed by atoms with van der Waals surface area (Å²) in [6.45, 7) is 3.65. The van der Waals surface area contributed by atoms with Crippen LogP contribution in [0.25, 0.3) is 16.2 Å². The Labute approximate surface area is 166 Å². The lowest BCUT2D eigenvalue weighted by molar-refractivity contribution is -0.0174. The number of hydrogen-bond donors (Lipinski definition) is 0. The van der Waals surface area contributed by atoms with Crippen molar-refractivity contribution in [3.8, 4) is 11.3 Å². The van der Waals surface area contributed by atoms with Crippen molar-refractivity contribution in [1.29, 1.82) is 0 Å². The molecule has 1 saturated heterocycles. The fourth-order valence-electron chi connectivity index (χ4n) is 3.54. The summed E-state index contributed by atoms with van der Waals surface area (Å²) in [6, 6.07) is 16.7. The van der Waals surface area contributed by atoms with Gasteiger partial charge in [-0.2, -0.15) is 0 Å². The fourth-order valence-corrected chi connectivity index (χ4v) is 4.44. The molecule has 0 aliphatic carbocycles. The van der Waals surface area contributed by atoms with Gasteiger partial charge in [-0.15, -0.1) is 5.10 Å². The van der Waals surface area contributed by atoms with Crippen LogP contribution in [0.1, 0.15) is 18.6 Å². The number of aromatic nitrogens is 3. The highest BCUT2D eigenvalue weighted by Gasteiger charge is 2.28. The van der Waals surface area contributed by atoms with Crippen molar-refractivity contribution in [3.05, 3.63) is 72.2 Å². The highest BCUT2D eigenvalue weighted by atomic mass is 32.1. The van der Waals surface area contributed by atoms with Crippen molar-refractivity contribution in [2.45, 2.75) is 19.1 Å².